The number of aromatic amines is 1. The monoisotopic (exact) mass is 328 g/mol. The van der Waals surface area contributed by atoms with Crippen LogP contribution < -0.4 is 5.56 Å². The van der Waals surface area contributed by atoms with Crippen LogP contribution in [0.25, 0.3) is 16.6 Å². The molecule has 4 aromatic rings. The molecule has 2 aromatic heterocycles. The normalized spacial score (nSPS) is 11.4. The van der Waals surface area contributed by atoms with Crippen LogP contribution in [0.3, 0.4) is 0 Å². The highest BCUT2D eigenvalue weighted by Gasteiger charge is 2.00. The molecule has 0 bridgehead atoms. The fraction of sp³-hybridized carbons (Fsp3) is 0.0500. The van der Waals surface area contributed by atoms with Crippen molar-refractivity contribution in [2.75, 3.05) is 0 Å². The summed E-state index contributed by atoms with van der Waals surface area (Å²) in [7, 11) is 0. The van der Waals surface area contributed by atoms with E-state index in [0.29, 0.717) is 12.1 Å². The summed E-state index contributed by atoms with van der Waals surface area (Å²) in [6.45, 7) is 0.524. The molecule has 0 radical (unpaired) electrons. The van der Waals surface area contributed by atoms with Crippen LogP contribution in [-0.2, 0) is 6.54 Å². The lowest BCUT2D eigenvalue weighted by Gasteiger charge is -2.03. The van der Waals surface area contributed by atoms with Crippen LogP contribution in [0.2, 0.25) is 0 Å². The van der Waals surface area contributed by atoms with Crippen molar-refractivity contribution in [2.24, 2.45) is 4.99 Å². The second kappa shape index (κ2) is 6.57. The van der Waals surface area contributed by atoms with E-state index in [1.165, 1.54) is 0 Å². The zero-order valence-corrected chi connectivity index (χ0v) is 13.5. The Hall–Kier alpha value is -3.47. The number of para-hydroxylation sites is 1. The topological polar surface area (TPSA) is 63.0 Å². The van der Waals surface area contributed by atoms with Crippen LogP contribution in [0.5, 0.6) is 0 Å². The van der Waals surface area contributed by atoms with Crippen LogP contribution in [-0.4, -0.2) is 20.7 Å². The quantitative estimate of drug-likeness (QED) is 0.584. The van der Waals surface area contributed by atoms with Gasteiger partial charge in [0, 0.05) is 29.8 Å². The molecule has 0 aliphatic carbocycles. The molecular formula is C20H16N4O. The Morgan fingerprint density at radius 1 is 1.12 bits per heavy atom. The first-order valence-corrected chi connectivity index (χ1v) is 7.99. The van der Waals surface area contributed by atoms with Gasteiger partial charge < -0.3 is 9.55 Å². The smallest absolute Gasteiger partial charge is 0.257 e. The number of aromatic nitrogens is 3. The molecular weight excluding hydrogens is 312 g/mol. The van der Waals surface area contributed by atoms with Gasteiger partial charge in [-0.15, -0.1) is 0 Å². The summed E-state index contributed by atoms with van der Waals surface area (Å²) in [6.07, 6.45) is 7.05. The average Bonchev–Trinajstić information content (AvgIpc) is 3.17. The molecule has 0 saturated carbocycles. The summed E-state index contributed by atoms with van der Waals surface area (Å²) in [6, 6.07) is 17.7. The summed E-state index contributed by atoms with van der Waals surface area (Å²) in [5, 5.41) is 0.994. The van der Waals surface area contributed by atoms with E-state index in [-0.39, 0.29) is 5.56 Å². The molecule has 4 rings (SSSR count). The lowest BCUT2D eigenvalue weighted by molar-refractivity contribution is 1.04. The number of pyridine rings is 1. The third kappa shape index (κ3) is 3.26. The number of fused-ring (bicyclic) bond motifs is 1. The molecule has 0 unspecified atom stereocenters. The van der Waals surface area contributed by atoms with Gasteiger partial charge in [-0.05, 0) is 35.2 Å². The molecule has 2 heterocycles. The molecule has 1 N–H and O–H groups in total. The predicted octanol–water partition coefficient (Wildman–Crippen LogP) is 3.33. The van der Waals surface area contributed by atoms with Crippen molar-refractivity contribution < 1.29 is 0 Å². The average molecular weight is 328 g/mol. The van der Waals surface area contributed by atoms with Gasteiger partial charge in [0.05, 0.1) is 18.4 Å². The lowest BCUT2D eigenvalue weighted by atomic mass is 10.1. The fourth-order valence-corrected chi connectivity index (χ4v) is 2.69. The van der Waals surface area contributed by atoms with E-state index in [2.05, 4.69) is 15.0 Å². The third-order valence-electron chi connectivity index (χ3n) is 4.03. The van der Waals surface area contributed by atoms with Crippen LogP contribution in [0.1, 0.15) is 11.1 Å². The summed E-state index contributed by atoms with van der Waals surface area (Å²) < 4.78 is 1.95. The minimum Gasteiger partial charge on any atom is -0.321 e. The molecule has 0 atom stereocenters. The van der Waals surface area contributed by atoms with E-state index >= 15 is 0 Å². The Balaban J connectivity index is 1.51. The molecule has 2 aromatic carbocycles. The lowest BCUT2D eigenvalue weighted by Crippen LogP contribution is -2.11. The Bertz CT molecular complexity index is 1080. The number of nitrogens with one attached hydrogen (secondary N) is 1. The van der Waals surface area contributed by atoms with Crippen LogP contribution in [0.15, 0.2) is 83.1 Å². The first-order valence-electron chi connectivity index (χ1n) is 7.99. The van der Waals surface area contributed by atoms with Crippen molar-refractivity contribution in [3.05, 3.63) is 94.8 Å². The molecule has 122 valence electrons. The molecule has 0 fully saturated rings. The largest absolute Gasteiger partial charge is 0.321 e. The number of aliphatic imine (C=N–C) groups is 1. The number of H-pyrrole nitrogens is 1. The third-order valence-corrected chi connectivity index (χ3v) is 4.03. The minimum atomic E-state index is -0.127. The number of hydrogen-bond acceptors (Lipinski definition) is 3. The Morgan fingerprint density at radius 3 is 2.76 bits per heavy atom. The molecule has 0 saturated heterocycles. The first-order chi connectivity index (χ1) is 12.3. The van der Waals surface area contributed by atoms with Crippen molar-refractivity contribution in [3.63, 3.8) is 0 Å². The highest BCUT2D eigenvalue weighted by Crippen LogP contribution is 2.11. The second-order valence-corrected chi connectivity index (χ2v) is 5.75. The van der Waals surface area contributed by atoms with Gasteiger partial charge in [-0.2, -0.15) is 0 Å². The Kier molecular flexibility index (Phi) is 3.96. The van der Waals surface area contributed by atoms with Crippen molar-refractivity contribution in [1.29, 1.82) is 0 Å². The fourth-order valence-electron chi connectivity index (χ4n) is 2.69. The van der Waals surface area contributed by atoms with Crippen LogP contribution >= 0.6 is 0 Å². The molecule has 0 aliphatic heterocycles. The van der Waals surface area contributed by atoms with Crippen LogP contribution in [0, 0.1) is 0 Å². The molecule has 5 nitrogen and oxygen atoms in total. The van der Waals surface area contributed by atoms with E-state index in [0.717, 1.165) is 22.2 Å². The van der Waals surface area contributed by atoms with Crippen molar-refractivity contribution in [2.45, 2.75) is 6.54 Å². The van der Waals surface area contributed by atoms with Gasteiger partial charge in [0.2, 0.25) is 0 Å². The summed E-state index contributed by atoms with van der Waals surface area (Å²) in [4.78, 5) is 23.4. The molecule has 0 spiro atoms. The van der Waals surface area contributed by atoms with Gasteiger partial charge in [0.1, 0.15) is 0 Å². The van der Waals surface area contributed by atoms with Crippen molar-refractivity contribution in [3.8, 4) is 5.69 Å². The number of nitrogens with zero attached hydrogens (tertiary/aromatic N) is 3. The molecule has 0 aliphatic rings. The SMILES string of the molecule is O=c1[nH]c2ccccc2cc1C=NCc1ccc(-n2ccnc2)cc1. The van der Waals surface area contributed by atoms with Gasteiger partial charge in [0.25, 0.3) is 5.56 Å². The maximum absolute atomic E-state index is 12.1. The standard InChI is InChI=1S/C20H16N4O/c25-20-17(11-16-3-1-2-4-19(16)23-20)13-22-12-15-5-7-18(8-6-15)24-10-9-21-14-24/h1-11,13-14H,12H2,(H,23,25). The van der Waals surface area contributed by atoms with Crippen molar-refractivity contribution in [1.82, 2.24) is 14.5 Å². The summed E-state index contributed by atoms with van der Waals surface area (Å²) >= 11 is 0. The Morgan fingerprint density at radius 2 is 1.96 bits per heavy atom. The van der Waals surface area contributed by atoms with Gasteiger partial charge >= 0.3 is 0 Å². The van der Waals surface area contributed by atoms with Gasteiger partial charge in [-0.1, -0.05) is 30.3 Å². The molecule has 0 amide bonds. The highest BCUT2D eigenvalue weighted by molar-refractivity contribution is 5.87. The molecule has 5 heteroatoms. The zero-order chi connectivity index (χ0) is 17.1. The molecule has 25 heavy (non-hydrogen) atoms. The maximum Gasteiger partial charge on any atom is 0.257 e. The number of hydrogen-bond donors (Lipinski definition) is 1. The van der Waals surface area contributed by atoms with E-state index in [4.69, 9.17) is 0 Å². The van der Waals surface area contributed by atoms with E-state index in [9.17, 15) is 4.79 Å². The van der Waals surface area contributed by atoms with E-state index in [1.807, 2.05) is 65.4 Å². The van der Waals surface area contributed by atoms with Gasteiger partial charge in [-0.3, -0.25) is 9.79 Å². The van der Waals surface area contributed by atoms with Gasteiger partial charge in [-0.25, -0.2) is 4.98 Å². The van der Waals surface area contributed by atoms with E-state index < -0.39 is 0 Å². The summed E-state index contributed by atoms with van der Waals surface area (Å²) in [5.41, 5.74) is 3.40. The maximum atomic E-state index is 12.1. The van der Waals surface area contributed by atoms with E-state index in [1.54, 1.807) is 18.7 Å². The zero-order valence-electron chi connectivity index (χ0n) is 13.5. The van der Waals surface area contributed by atoms with Crippen molar-refractivity contribution >= 4 is 17.1 Å². The van der Waals surface area contributed by atoms with Gasteiger partial charge in [0.15, 0.2) is 0 Å². The summed E-state index contributed by atoms with van der Waals surface area (Å²) in [5.74, 6) is 0. The number of benzene rings is 2. The Labute approximate surface area is 144 Å². The predicted molar refractivity (Wildman–Crippen MR) is 99.4 cm³/mol. The minimum absolute atomic E-state index is 0.127. The second-order valence-electron chi connectivity index (χ2n) is 5.75. The number of imidazole rings is 1. The first kappa shape index (κ1) is 15.1. The number of rotatable bonds is 4. The highest BCUT2D eigenvalue weighted by atomic mass is 16.1. The van der Waals surface area contributed by atoms with Crippen LogP contribution in [0.4, 0.5) is 0 Å².